The number of rotatable bonds is 6. The van der Waals surface area contributed by atoms with Crippen LogP contribution in [-0.2, 0) is 11.3 Å². The Kier molecular flexibility index (Phi) is 5.85. The molecule has 8 heteroatoms. The van der Waals surface area contributed by atoms with Crippen molar-refractivity contribution in [1.82, 2.24) is 25.5 Å². The minimum atomic E-state index is -0.388. The number of nitrogens with one attached hydrogen (secondary N) is 1. The molecule has 0 unspecified atom stereocenters. The van der Waals surface area contributed by atoms with Crippen LogP contribution in [0.2, 0.25) is 0 Å². The number of carbonyl (C=O) groups is 1. The van der Waals surface area contributed by atoms with Crippen LogP contribution in [0, 0.1) is 19.7 Å². The number of benzene rings is 2. The molecule has 3 rings (SSSR count). The highest BCUT2D eigenvalue weighted by Crippen LogP contribution is 2.24. The Morgan fingerprint density at radius 2 is 1.96 bits per heavy atom. The fourth-order valence-corrected chi connectivity index (χ4v) is 3.42. The van der Waals surface area contributed by atoms with Gasteiger partial charge in [0.15, 0.2) is 0 Å². The van der Waals surface area contributed by atoms with Gasteiger partial charge in [0, 0.05) is 6.54 Å². The van der Waals surface area contributed by atoms with Crippen LogP contribution in [0.1, 0.15) is 23.6 Å². The average molecular weight is 385 g/mol. The monoisotopic (exact) mass is 385 g/mol. The van der Waals surface area contributed by atoms with Crippen LogP contribution < -0.4 is 5.32 Å². The van der Waals surface area contributed by atoms with E-state index in [1.165, 1.54) is 23.9 Å². The van der Waals surface area contributed by atoms with Crippen LogP contribution in [-0.4, -0.2) is 31.4 Å². The maximum Gasteiger partial charge on any atom is 0.233 e. The average Bonchev–Trinajstić information content (AvgIpc) is 3.08. The molecular weight excluding hydrogens is 365 g/mol. The lowest BCUT2D eigenvalue weighted by molar-refractivity contribution is -0.120. The van der Waals surface area contributed by atoms with Gasteiger partial charge in [-0.2, -0.15) is 4.68 Å². The normalized spacial score (nSPS) is 12.0. The van der Waals surface area contributed by atoms with Gasteiger partial charge >= 0.3 is 0 Å². The zero-order valence-electron chi connectivity index (χ0n) is 15.3. The molecule has 0 spiro atoms. The van der Waals surface area contributed by atoms with Gasteiger partial charge in [-0.05, 0) is 60.5 Å². The van der Waals surface area contributed by atoms with Gasteiger partial charge in [-0.3, -0.25) is 4.79 Å². The minimum absolute atomic E-state index is 0.139. The summed E-state index contributed by atoms with van der Waals surface area (Å²) in [4.78, 5) is 12.4. The quantitative estimate of drug-likeness (QED) is 0.660. The third kappa shape index (κ3) is 4.71. The Labute approximate surface area is 161 Å². The van der Waals surface area contributed by atoms with Gasteiger partial charge in [0.05, 0.1) is 10.9 Å². The van der Waals surface area contributed by atoms with Crippen molar-refractivity contribution in [3.05, 3.63) is 65.0 Å². The molecule has 3 aromatic rings. The summed E-state index contributed by atoms with van der Waals surface area (Å²) in [5.74, 6) is -0.438. The second-order valence-electron chi connectivity index (χ2n) is 6.27. The third-order valence-corrected chi connectivity index (χ3v) is 5.09. The summed E-state index contributed by atoms with van der Waals surface area (Å²) in [5, 5.41) is 14.9. The first kappa shape index (κ1) is 19.0. The number of aryl methyl sites for hydroxylation is 2. The van der Waals surface area contributed by atoms with Gasteiger partial charge in [-0.25, -0.2) is 4.39 Å². The predicted octanol–water partition coefficient (Wildman–Crippen LogP) is 3.22. The molecule has 140 valence electrons. The van der Waals surface area contributed by atoms with Crippen LogP contribution in [0.25, 0.3) is 5.69 Å². The third-order valence-electron chi connectivity index (χ3n) is 4.05. The molecule has 0 saturated carbocycles. The summed E-state index contributed by atoms with van der Waals surface area (Å²) in [6, 6.07) is 12.1. The van der Waals surface area contributed by atoms with E-state index in [4.69, 9.17) is 0 Å². The van der Waals surface area contributed by atoms with Crippen molar-refractivity contribution >= 4 is 17.7 Å². The van der Waals surface area contributed by atoms with E-state index in [1.807, 2.05) is 26.0 Å². The van der Waals surface area contributed by atoms with Crippen molar-refractivity contribution in [2.75, 3.05) is 0 Å². The molecule has 0 aliphatic rings. The maximum absolute atomic E-state index is 12.9. The first-order chi connectivity index (χ1) is 12.9. The van der Waals surface area contributed by atoms with E-state index in [1.54, 1.807) is 23.7 Å². The van der Waals surface area contributed by atoms with Crippen molar-refractivity contribution in [3.8, 4) is 5.69 Å². The van der Waals surface area contributed by atoms with Gasteiger partial charge in [-0.1, -0.05) is 41.6 Å². The number of aromatic nitrogens is 4. The summed E-state index contributed by atoms with van der Waals surface area (Å²) >= 11 is 1.29. The lowest BCUT2D eigenvalue weighted by Crippen LogP contribution is -2.30. The number of halogens is 1. The number of hydrogen-bond donors (Lipinski definition) is 1. The van der Waals surface area contributed by atoms with E-state index in [0.29, 0.717) is 11.7 Å². The summed E-state index contributed by atoms with van der Waals surface area (Å²) in [6.07, 6.45) is 0. The highest BCUT2D eigenvalue weighted by molar-refractivity contribution is 8.00. The molecule has 1 heterocycles. The minimum Gasteiger partial charge on any atom is -0.351 e. The van der Waals surface area contributed by atoms with Gasteiger partial charge in [0.25, 0.3) is 0 Å². The van der Waals surface area contributed by atoms with Crippen molar-refractivity contribution in [2.24, 2.45) is 0 Å². The Morgan fingerprint density at radius 3 is 2.67 bits per heavy atom. The van der Waals surface area contributed by atoms with Crippen molar-refractivity contribution in [2.45, 2.75) is 37.7 Å². The molecule has 6 nitrogen and oxygen atoms in total. The molecule has 27 heavy (non-hydrogen) atoms. The highest BCUT2D eigenvalue weighted by Gasteiger charge is 2.19. The lowest BCUT2D eigenvalue weighted by Gasteiger charge is -2.13. The van der Waals surface area contributed by atoms with Crippen molar-refractivity contribution in [1.29, 1.82) is 0 Å². The topological polar surface area (TPSA) is 72.7 Å². The van der Waals surface area contributed by atoms with Crippen molar-refractivity contribution < 1.29 is 9.18 Å². The Morgan fingerprint density at radius 1 is 1.22 bits per heavy atom. The number of thioether (sulfide) groups is 1. The molecule has 1 amide bonds. The summed E-state index contributed by atoms with van der Waals surface area (Å²) in [6.45, 7) is 6.16. The van der Waals surface area contributed by atoms with Gasteiger partial charge in [0.2, 0.25) is 11.1 Å². The molecular formula is C19H20FN5OS. The Hall–Kier alpha value is -2.74. The Balaban J connectivity index is 1.66. The number of tetrazole rings is 1. The van der Waals surface area contributed by atoms with Gasteiger partial charge in [-0.15, -0.1) is 5.10 Å². The van der Waals surface area contributed by atoms with Crippen LogP contribution in [0.4, 0.5) is 4.39 Å². The molecule has 1 N–H and O–H groups in total. The number of amides is 1. The zero-order valence-corrected chi connectivity index (χ0v) is 16.1. The van der Waals surface area contributed by atoms with Crippen LogP contribution >= 0.6 is 11.8 Å². The van der Waals surface area contributed by atoms with Crippen molar-refractivity contribution in [3.63, 3.8) is 0 Å². The number of carbonyl (C=O) groups excluding carboxylic acids is 1. The van der Waals surface area contributed by atoms with E-state index < -0.39 is 0 Å². The molecule has 1 aromatic heterocycles. The molecule has 0 fully saturated rings. The second-order valence-corrected chi connectivity index (χ2v) is 7.58. The summed E-state index contributed by atoms with van der Waals surface area (Å²) in [7, 11) is 0. The van der Waals surface area contributed by atoms with Crippen LogP contribution in [0.5, 0.6) is 0 Å². The highest BCUT2D eigenvalue weighted by atomic mass is 32.2. The van der Waals surface area contributed by atoms with Crippen LogP contribution in [0.15, 0.2) is 47.6 Å². The largest absolute Gasteiger partial charge is 0.351 e. The number of hydrogen-bond acceptors (Lipinski definition) is 5. The first-order valence-electron chi connectivity index (χ1n) is 8.49. The number of nitrogens with zero attached hydrogens (tertiary/aromatic N) is 4. The fourth-order valence-electron chi connectivity index (χ4n) is 2.59. The SMILES string of the molecule is Cc1ccc(-n2nnnc2S[C@@H](C)C(=O)NCc2ccc(F)cc2)c(C)c1. The Bertz CT molecular complexity index is 942. The predicted molar refractivity (Wildman–Crippen MR) is 102 cm³/mol. The first-order valence-corrected chi connectivity index (χ1v) is 9.37. The molecule has 0 bridgehead atoms. The van der Waals surface area contributed by atoms with Crippen LogP contribution in [0.3, 0.4) is 0 Å². The molecule has 0 saturated heterocycles. The molecule has 0 aliphatic heterocycles. The second kappa shape index (κ2) is 8.30. The molecule has 1 atom stereocenters. The van der Waals surface area contributed by atoms with Gasteiger partial charge in [0.1, 0.15) is 5.82 Å². The maximum atomic E-state index is 12.9. The van der Waals surface area contributed by atoms with Gasteiger partial charge < -0.3 is 5.32 Å². The molecule has 0 radical (unpaired) electrons. The van der Waals surface area contributed by atoms with E-state index in [2.05, 4.69) is 26.9 Å². The summed E-state index contributed by atoms with van der Waals surface area (Å²) in [5.41, 5.74) is 3.93. The van der Waals surface area contributed by atoms with E-state index in [0.717, 1.165) is 22.4 Å². The molecule has 2 aromatic carbocycles. The lowest BCUT2D eigenvalue weighted by atomic mass is 10.1. The van der Waals surface area contributed by atoms with E-state index in [9.17, 15) is 9.18 Å². The van der Waals surface area contributed by atoms with E-state index in [-0.39, 0.29) is 17.0 Å². The summed E-state index contributed by atoms with van der Waals surface area (Å²) < 4.78 is 14.6. The fraction of sp³-hybridized carbons (Fsp3) is 0.263. The molecule has 0 aliphatic carbocycles. The smallest absolute Gasteiger partial charge is 0.233 e. The zero-order chi connectivity index (χ0) is 19.4. The van der Waals surface area contributed by atoms with E-state index >= 15 is 0 Å². The standard InChI is InChI=1S/C19H20FN5OS/c1-12-4-9-17(13(2)10-12)25-19(22-23-24-25)27-14(3)18(26)21-11-15-5-7-16(20)8-6-15/h4-10,14H,11H2,1-3H3,(H,21,26)/t14-/m0/s1.